The summed E-state index contributed by atoms with van der Waals surface area (Å²) < 4.78 is 0. The second-order valence-corrected chi connectivity index (χ2v) is 6.84. The minimum Gasteiger partial charge on any atom is -0.370 e. The molecule has 1 aromatic rings. The summed E-state index contributed by atoms with van der Waals surface area (Å²) in [5, 5.41) is 3.09. The van der Waals surface area contributed by atoms with Gasteiger partial charge in [-0.1, -0.05) is 12.1 Å². The van der Waals surface area contributed by atoms with Gasteiger partial charge in [-0.05, 0) is 37.8 Å². The van der Waals surface area contributed by atoms with E-state index in [2.05, 4.69) is 16.3 Å². The van der Waals surface area contributed by atoms with Crippen LogP contribution in [0.25, 0.3) is 0 Å². The highest BCUT2D eigenvalue weighted by molar-refractivity contribution is 5.93. The van der Waals surface area contributed by atoms with E-state index in [1.165, 1.54) is 19.3 Å². The number of benzene rings is 1. The van der Waals surface area contributed by atoms with Crippen LogP contribution in [0, 0.1) is 0 Å². The lowest BCUT2D eigenvalue weighted by Gasteiger charge is -2.31. The van der Waals surface area contributed by atoms with Crippen molar-refractivity contribution in [3.63, 3.8) is 0 Å². The molecule has 136 valence electrons. The Balaban J connectivity index is 1.65. The number of rotatable bonds is 2. The molecule has 2 saturated heterocycles. The van der Waals surface area contributed by atoms with Gasteiger partial charge in [-0.3, -0.25) is 4.79 Å². The zero-order chi connectivity index (χ0) is 17.6. The van der Waals surface area contributed by atoms with Crippen molar-refractivity contribution in [2.75, 3.05) is 49.5 Å². The van der Waals surface area contributed by atoms with Gasteiger partial charge in [0, 0.05) is 46.2 Å². The van der Waals surface area contributed by atoms with Crippen molar-refractivity contribution in [1.82, 2.24) is 9.80 Å². The zero-order valence-electron chi connectivity index (χ0n) is 15.0. The number of carbonyl (C=O) groups is 2. The van der Waals surface area contributed by atoms with E-state index in [0.29, 0.717) is 19.6 Å². The summed E-state index contributed by atoms with van der Waals surface area (Å²) in [4.78, 5) is 30.3. The molecule has 1 N–H and O–H groups in total. The van der Waals surface area contributed by atoms with Crippen LogP contribution in [0.1, 0.15) is 32.6 Å². The van der Waals surface area contributed by atoms with E-state index in [4.69, 9.17) is 0 Å². The molecule has 2 heterocycles. The van der Waals surface area contributed by atoms with Gasteiger partial charge in [0.05, 0.1) is 11.4 Å². The fourth-order valence-corrected chi connectivity index (χ4v) is 3.62. The summed E-state index contributed by atoms with van der Waals surface area (Å²) in [6.07, 6.45) is 4.51. The molecule has 2 aliphatic rings. The molecule has 25 heavy (non-hydrogen) atoms. The first-order valence-electron chi connectivity index (χ1n) is 9.30. The second kappa shape index (κ2) is 8.23. The van der Waals surface area contributed by atoms with Gasteiger partial charge < -0.3 is 20.0 Å². The van der Waals surface area contributed by atoms with Gasteiger partial charge in [-0.15, -0.1) is 0 Å². The maximum atomic E-state index is 12.7. The number of para-hydroxylation sites is 2. The molecule has 2 fully saturated rings. The lowest BCUT2D eigenvalue weighted by atomic mass is 10.1. The Hall–Kier alpha value is -2.24. The van der Waals surface area contributed by atoms with Crippen LogP contribution < -0.4 is 10.2 Å². The molecule has 0 spiro atoms. The van der Waals surface area contributed by atoms with Crippen LogP contribution >= 0.6 is 0 Å². The molecular weight excluding hydrogens is 316 g/mol. The number of hydrogen-bond donors (Lipinski definition) is 1. The van der Waals surface area contributed by atoms with E-state index in [9.17, 15) is 9.59 Å². The number of nitrogens with zero attached hydrogens (tertiary/aromatic N) is 3. The van der Waals surface area contributed by atoms with E-state index >= 15 is 0 Å². The SMILES string of the molecule is CC(=O)N1CCCN(C(=O)Nc2ccccc2N2CCCCC2)CC1. The third kappa shape index (κ3) is 4.44. The summed E-state index contributed by atoms with van der Waals surface area (Å²) in [6.45, 7) is 6.28. The van der Waals surface area contributed by atoms with Crippen LogP contribution in [0.2, 0.25) is 0 Å². The normalized spacial score (nSPS) is 18.7. The molecule has 6 heteroatoms. The van der Waals surface area contributed by atoms with Crippen molar-refractivity contribution in [1.29, 1.82) is 0 Å². The van der Waals surface area contributed by atoms with Crippen molar-refractivity contribution in [3.05, 3.63) is 24.3 Å². The van der Waals surface area contributed by atoms with Crippen molar-refractivity contribution >= 4 is 23.3 Å². The first-order valence-corrected chi connectivity index (χ1v) is 9.30. The fraction of sp³-hybridized carbons (Fsp3) is 0.579. The van der Waals surface area contributed by atoms with Crippen LogP contribution in [0.3, 0.4) is 0 Å². The van der Waals surface area contributed by atoms with Gasteiger partial charge in [0.1, 0.15) is 0 Å². The summed E-state index contributed by atoms with van der Waals surface area (Å²) in [5.74, 6) is 0.0812. The lowest BCUT2D eigenvalue weighted by Crippen LogP contribution is -2.39. The minimum atomic E-state index is -0.0742. The van der Waals surface area contributed by atoms with Crippen LogP contribution in [-0.2, 0) is 4.79 Å². The number of amides is 3. The molecule has 2 aliphatic heterocycles. The van der Waals surface area contributed by atoms with Gasteiger partial charge in [0.15, 0.2) is 0 Å². The number of nitrogens with one attached hydrogen (secondary N) is 1. The van der Waals surface area contributed by atoms with Crippen LogP contribution in [0.4, 0.5) is 16.2 Å². The van der Waals surface area contributed by atoms with Crippen molar-refractivity contribution < 1.29 is 9.59 Å². The van der Waals surface area contributed by atoms with Gasteiger partial charge >= 0.3 is 6.03 Å². The van der Waals surface area contributed by atoms with Crippen molar-refractivity contribution in [2.24, 2.45) is 0 Å². The maximum absolute atomic E-state index is 12.7. The summed E-state index contributed by atoms with van der Waals surface area (Å²) in [7, 11) is 0. The van der Waals surface area contributed by atoms with Crippen LogP contribution in [0.15, 0.2) is 24.3 Å². The molecule has 0 aliphatic carbocycles. The first kappa shape index (κ1) is 17.6. The number of piperidine rings is 1. The lowest BCUT2D eigenvalue weighted by molar-refractivity contribution is -0.128. The topological polar surface area (TPSA) is 55.9 Å². The largest absolute Gasteiger partial charge is 0.370 e. The smallest absolute Gasteiger partial charge is 0.321 e. The first-order chi connectivity index (χ1) is 12.1. The van der Waals surface area contributed by atoms with Crippen molar-refractivity contribution in [3.8, 4) is 0 Å². The molecule has 0 radical (unpaired) electrons. The summed E-state index contributed by atoms with van der Waals surface area (Å²) >= 11 is 0. The van der Waals surface area contributed by atoms with Gasteiger partial charge in [-0.25, -0.2) is 4.79 Å². The highest BCUT2D eigenvalue weighted by Gasteiger charge is 2.22. The maximum Gasteiger partial charge on any atom is 0.321 e. The fourth-order valence-electron chi connectivity index (χ4n) is 3.62. The van der Waals surface area contributed by atoms with E-state index in [1.807, 2.05) is 28.0 Å². The number of hydrogen-bond acceptors (Lipinski definition) is 3. The third-order valence-corrected chi connectivity index (χ3v) is 5.07. The molecule has 0 bridgehead atoms. The van der Waals surface area contributed by atoms with Crippen molar-refractivity contribution in [2.45, 2.75) is 32.6 Å². The Morgan fingerprint density at radius 2 is 1.52 bits per heavy atom. The highest BCUT2D eigenvalue weighted by atomic mass is 16.2. The average molecular weight is 344 g/mol. The molecule has 0 unspecified atom stereocenters. The molecule has 1 aromatic carbocycles. The molecular formula is C19H28N4O2. The van der Waals surface area contributed by atoms with Gasteiger partial charge in [0.25, 0.3) is 0 Å². The van der Waals surface area contributed by atoms with E-state index < -0.39 is 0 Å². The zero-order valence-corrected chi connectivity index (χ0v) is 15.0. The third-order valence-electron chi connectivity index (χ3n) is 5.07. The Labute approximate surface area is 149 Å². The predicted octanol–water partition coefficient (Wildman–Crippen LogP) is 2.76. The molecule has 0 atom stereocenters. The van der Waals surface area contributed by atoms with Crippen LogP contribution in [-0.4, -0.2) is 61.0 Å². The van der Waals surface area contributed by atoms with Gasteiger partial charge in [0.2, 0.25) is 5.91 Å². The Morgan fingerprint density at radius 1 is 0.840 bits per heavy atom. The second-order valence-electron chi connectivity index (χ2n) is 6.84. The Morgan fingerprint density at radius 3 is 2.28 bits per heavy atom. The van der Waals surface area contributed by atoms with Gasteiger partial charge in [-0.2, -0.15) is 0 Å². The predicted molar refractivity (Wildman–Crippen MR) is 100.0 cm³/mol. The average Bonchev–Trinajstić information content (AvgIpc) is 2.89. The highest BCUT2D eigenvalue weighted by Crippen LogP contribution is 2.28. The number of carbonyl (C=O) groups excluding carboxylic acids is 2. The summed E-state index contributed by atoms with van der Waals surface area (Å²) in [5.41, 5.74) is 1.98. The van der Waals surface area contributed by atoms with E-state index in [0.717, 1.165) is 37.4 Å². The van der Waals surface area contributed by atoms with E-state index in [1.54, 1.807) is 6.92 Å². The quantitative estimate of drug-likeness (QED) is 0.897. The number of anilines is 2. The molecule has 3 rings (SSSR count). The molecule has 0 saturated carbocycles. The Bertz CT molecular complexity index is 613. The van der Waals surface area contributed by atoms with Crippen LogP contribution in [0.5, 0.6) is 0 Å². The molecule has 0 aromatic heterocycles. The molecule has 3 amide bonds. The summed E-state index contributed by atoms with van der Waals surface area (Å²) in [6, 6.07) is 7.97. The Kier molecular flexibility index (Phi) is 5.79. The standard InChI is InChI=1S/C19H28N4O2/c1-16(24)21-12-7-13-23(15-14-21)19(25)20-17-8-3-4-9-18(17)22-10-5-2-6-11-22/h3-4,8-9H,2,5-7,10-15H2,1H3,(H,20,25). The molecule has 6 nitrogen and oxygen atoms in total. The van der Waals surface area contributed by atoms with E-state index in [-0.39, 0.29) is 11.9 Å². The number of urea groups is 1. The monoisotopic (exact) mass is 344 g/mol. The minimum absolute atomic E-state index is 0.0742.